The lowest BCUT2D eigenvalue weighted by molar-refractivity contribution is 0.769. The molecule has 310 valence electrons. The Labute approximate surface area is 394 Å². The summed E-state index contributed by atoms with van der Waals surface area (Å²) in [5.41, 5.74) is 17.5. The Bertz CT molecular complexity index is 3710. The van der Waals surface area contributed by atoms with Crippen molar-refractivity contribution >= 4 is 27.8 Å². The number of hydrogen-bond acceptors (Lipinski definition) is 1. The molecular weight excluding hydrogens is 795 g/mol. The van der Waals surface area contributed by atoms with Crippen molar-refractivity contribution in [2.45, 2.75) is 5.41 Å². The molecule has 1 aliphatic carbocycles. The summed E-state index contributed by atoms with van der Waals surface area (Å²) >= 11 is 0. The number of benzene rings is 11. The van der Waals surface area contributed by atoms with Gasteiger partial charge in [-0.3, -0.25) is 0 Å². The van der Waals surface area contributed by atoms with Gasteiger partial charge in [-0.05, 0) is 137 Å². The molecule has 0 heterocycles. The number of rotatable bonds is 9. The Morgan fingerprint density at radius 3 is 1.35 bits per heavy atom. The lowest BCUT2D eigenvalue weighted by Crippen LogP contribution is -2.28. The number of hydrogen-bond donors (Lipinski definition) is 0. The van der Waals surface area contributed by atoms with E-state index in [-0.39, 0.29) is 29.7 Å². The molecule has 12 rings (SSSR count). The molecule has 0 N–H and O–H groups in total. The van der Waals surface area contributed by atoms with E-state index in [0.29, 0.717) is 5.56 Å². The van der Waals surface area contributed by atoms with Crippen LogP contribution >= 0.6 is 0 Å². The van der Waals surface area contributed by atoms with Gasteiger partial charge in [0.05, 0.1) is 12.3 Å². The van der Waals surface area contributed by atoms with Crippen LogP contribution < -0.4 is 4.90 Å². The maximum atomic E-state index is 8.58. The third-order valence-corrected chi connectivity index (χ3v) is 13.2. The van der Waals surface area contributed by atoms with E-state index in [1.165, 1.54) is 38.9 Å². The van der Waals surface area contributed by atoms with Crippen LogP contribution in [0.5, 0.6) is 0 Å². The average Bonchev–Trinajstić information content (AvgIpc) is 3.73. The summed E-state index contributed by atoms with van der Waals surface area (Å²) < 4.78 is 41.7. The van der Waals surface area contributed by atoms with Gasteiger partial charge in [0.15, 0.2) is 0 Å². The second kappa shape index (κ2) is 16.6. The topological polar surface area (TPSA) is 3.24 Å². The van der Waals surface area contributed by atoms with Crippen LogP contribution in [0.4, 0.5) is 17.1 Å². The SMILES string of the molecule is [2H]c1c([2H])c([2H])c(-c2ccc(N(c3ccc(-c4ccccc4)cc3)c3ccc4cc(-c5ccc(-c6ccc7c(c6)C(c6ccccc6)(c6ccccc6)c6ccccc6-7)cc5)ccc4c3)cc2)c([2H])c1[2H]. The summed E-state index contributed by atoms with van der Waals surface area (Å²) in [6, 6.07) is 84.6. The molecule has 0 bridgehead atoms. The average molecular weight is 845 g/mol. The van der Waals surface area contributed by atoms with E-state index in [1.54, 1.807) is 0 Å². The Hall–Kier alpha value is -8.52. The summed E-state index contributed by atoms with van der Waals surface area (Å²) in [7, 11) is 0. The second-order valence-corrected chi connectivity index (χ2v) is 16.9. The molecular formula is C65H45N. The monoisotopic (exact) mass is 844 g/mol. The lowest BCUT2D eigenvalue weighted by atomic mass is 9.67. The van der Waals surface area contributed by atoms with E-state index in [4.69, 9.17) is 6.85 Å². The molecule has 0 fully saturated rings. The van der Waals surface area contributed by atoms with Gasteiger partial charge in [-0.1, -0.05) is 224 Å². The molecule has 1 aliphatic rings. The summed E-state index contributed by atoms with van der Waals surface area (Å²) in [6.45, 7) is 0. The van der Waals surface area contributed by atoms with Gasteiger partial charge in [-0.25, -0.2) is 0 Å². The van der Waals surface area contributed by atoms with Crippen LogP contribution in [0.25, 0.3) is 66.4 Å². The Balaban J connectivity index is 0.881. The summed E-state index contributed by atoms with van der Waals surface area (Å²) in [5, 5.41) is 2.20. The largest absolute Gasteiger partial charge is 0.310 e. The van der Waals surface area contributed by atoms with E-state index in [9.17, 15) is 0 Å². The first-order valence-electron chi connectivity index (χ1n) is 24.9. The molecule has 0 spiro atoms. The molecule has 0 aliphatic heterocycles. The van der Waals surface area contributed by atoms with Crippen molar-refractivity contribution in [2.24, 2.45) is 0 Å². The first-order valence-corrected chi connectivity index (χ1v) is 22.4. The zero-order chi connectivity index (χ0) is 48.2. The second-order valence-electron chi connectivity index (χ2n) is 16.9. The van der Waals surface area contributed by atoms with E-state index in [0.717, 1.165) is 55.7 Å². The van der Waals surface area contributed by atoms with Crippen LogP contribution in [0.15, 0.2) is 273 Å². The number of nitrogens with zero attached hydrogens (tertiary/aromatic N) is 1. The summed E-state index contributed by atoms with van der Waals surface area (Å²) in [6.07, 6.45) is 0. The smallest absolute Gasteiger partial charge is 0.0713 e. The number of fused-ring (bicyclic) bond motifs is 4. The fourth-order valence-electron chi connectivity index (χ4n) is 10.1. The molecule has 1 heteroatoms. The summed E-state index contributed by atoms with van der Waals surface area (Å²) in [4.78, 5) is 2.19. The van der Waals surface area contributed by atoms with Gasteiger partial charge in [0.2, 0.25) is 0 Å². The van der Waals surface area contributed by atoms with Crippen molar-refractivity contribution in [1.82, 2.24) is 0 Å². The first-order chi connectivity index (χ1) is 34.8. The lowest BCUT2D eigenvalue weighted by Gasteiger charge is -2.34. The van der Waals surface area contributed by atoms with Crippen LogP contribution in [0.3, 0.4) is 0 Å². The highest BCUT2D eigenvalue weighted by atomic mass is 15.1. The van der Waals surface area contributed by atoms with E-state index >= 15 is 0 Å². The molecule has 0 unspecified atom stereocenters. The predicted octanol–water partition coefficient (Wildman–Crippen LogP) is 17.3. The van der Waals surface area contributed by atoms with Gasteiger partial charge in [0.1, 0.15) is 0 Å². The van der Waals surface area contributed by atoms with Gasteiger partial charge in [-0.2, -0.15) is 0 Å². The molecule has 0 atom stereocenters. The maximum absolute atomic E-state index is 8.58. The van der Waals surface area contributed by atoms with Crippen molar-refractivity contribution in [3.8, 4) is 55.6 Å². The van der Waals surface area contributed by atoms with Crippen LogP contribution in [-0.4, -0.2) is 0 Å². The predicted molar refractivity (Wildman–Crippen MR) is 278 cm³/mol. The molecule has 11 aromatic carbocycles. The van der Waals surface area contributed by atoms with E-state index in [2.05, 4.69) is 205 Å². The highest BCUT2D eigenvalue weighted by Gasteiger charge is 2.46. The first kappa shape index (κ1) is 34.0. The molecule has 0 saturated carbocycles. The Morgan fingerprint density at radius 1 is 0.288 bits per heavy atom. The third kappa shape index (κ3) is 6.81. The highest BCUT2D eigenvalue weighted by Crippen LogP contribution is 2.56. The Morgan fingerprint density at radius 2 is 0.712 bits per heavy atom. The fourth-order valence-corrected chi connectivity index (χ4v) is 10.1. The quantitative estimate of drug-likeness (QED) is 0.140. The third-order valence-electron chi connectivity index (χ3n) is 13.2. The van der Waals surface area contributed by atoms with Gasteiger partial charge in [0, 0.05) is 17.1 Å². The summed E-state index contributed by atoms with van der Waals surface area (Å²) in [5.74, 6) is 0. The molecule has 11 aromatic rings. The zero-order valence-corrected chi connectivity index (χ0v) is 36.0. The number of anilines is 3. The molecule has 0 amide bonds. The van der Waals surface area contributed by atoms with Crippen molar-refractivity contribution < 1.29 is 6.85 Å². The zero-order valence-electron chi connectivity index (χ0n) is 41.0. The van der Waals surface area contributed by atoms with Crippen molar-refractivity contribution in [3.05, 3.63) is 295 Å². The minimum atomic E-state index is -0.457. The van der Waals surface area contributed by atoms with Crippen LogP contribution in [0.1, 0.15) is 29.1 Å². The molecule has 1 nitrogen and oxygen atoms in total. The van der Waals surface area contributed by atoms with Gasteiger partial charge >= 0.3 is 0 Å². The molecule has 0 radical (unpaired) electrons. The minimum absolute atomic E-state index is 0.181. The van der Waals surface area contributed by atoms with Crippen LogP contribution in [0.2, 0.25) is 0 Å². The minimum Gasteiger partial charge on any atom is -0.310 e. The maximum Gasteiger partial charge on any atom is 0.0713 e. The molecule has 66 heavy (non-hydrogen) atoms. The fraction of sp³-hybridized carbons (Fsp3) is 0.0154. The van der Waals surface area contributed by atoms with Crippen molar-refractivity contribution in [3.63, 3.8) is 0 Å². The van der Waals surface area contributed by atoms with Crippen molar-refractivity contribution in [2.75, 3.05) is 4.90 Å². The van der Waals surface area contributed by atoms with Crippen molar-refractivity contribution in [1.29, 1.82) is 0 Å². The molecule has 0 saturated heterocycles. The van der Waals surface area contributed by atoms with E-state index < -0.39 is 11.5 Å². The van der Waals surface area contributed by atoms with E-state index in [1.807, 2.05) is 42.5 Å². The van der Waals surface area contributed by atoms with Crippen LogP contribution in [-0.2, 0) is 5.41 Å². The highest BCUT2D eigenvalue weighted by molar-refractivity contribution is 5.93. The Kier molecular flexibility index (Phi) is 8.52. The normalized spacial score (nSPS) is 13.4. The molecule has 0 aromatic heterocycles. The van der Waals surface area contributed by atoms with Gasteiger partial charge < -0.3 is 4.90 Å². The van der Waals surface area contributed by atoms with Gasteiger partial charge in [0.25, 0.3) is 0 Å². The van der Waals surface area contributed by atoms with Crippen LogP contribution in [0, 0.1) is 0 Å². The standard InChI is InChI=1S/C65H45N/c1-5-15-46(16-6-1)48-31-37-58(38-32-48)66(59-39-33-49(34-40-59)47-17-7-2-8-18-47)60-41-35-53-43-52(29-30-54(53)44-60)50-25-27-51(28-26-50)55-36-42-62-61-23-13-14-24-63(61)65(64(62)45-55,56-19-9-3-10-20-56)57-21-11-4-12-22-57/h1-45H/i1D,5D,6D,15D,16D. The van der Waals surface area contributed by atoms with Gasteiger partial charge in [-0.15, -0.1) is 0 Å².